The molecule has 1 aromatic carbocycles. The highest BCUT2D eigenvalue weighted by Crippen LogP contribution is 2.32. The van der Waals surface area contributed by atoms with E-state index in [-0.39, 0.29) is 0 Å². The van der Waals surface area contributed by atoms with Gasteiger partial charge in [0, 0.05) is 24.2 Å². The summed E-state index contributed by atoms with van der Waals surface area (Å²) >= 11 is 0. The first kappa shape index (κ1) is 13.2. The van der Waals surface area contributed by atoms with Crippen LogP contribution in [0.4, 0.5) is 5.82 Å². The summed E-state index contributed by atoms with van der Waals surface area (Å²) < 4.78 is 2.12. The fourth-order valence-electron chi connectivity index (χ4n) is 3.14. The summed E-state index contributed by atoms with van der Waals surface area (Å²) in [5.41, 5.74) is 6.44. The zero-order chi connectivity index (χ0) is 14.1. The Kier molecular flexibility index (Phi) is 3.51. The second-order valence-electron chi connectivity index (χ2n) is 5.75. The van der Waals surface area contributed by atoms with Crippen LogP contribution in [0.2, 0.25) is 0 Å². The van der Waals surface area contributed by atoms with Gasteiger partial charge in [0.05, 0.1) is 5.69 Å². The Labute approximate surface area is 121 Å². The molecular formula is C17H23N3. The van der Waals surface area contributed by atoms with E-state index in [1.807, 2.05) is 0 Å². The molecule has 0 radical (unpaired) electrons. The first-order valence-corrected chi connectivity index (χ1v) is 7.61. The summed E-state index contributed by atoms with van der Waals surface area (Å²) in [5.74, 6) is 1.24. The molecule has 1 aliphatic heterocycles. The van der Waals surface area contributed by atoms with Crippen molar-refractivity contribution in [3.05, 3.63) is 34.9 Å². The predicted octanol–water partition coefficient (Wildman–Crippen LogP) is 3.94. The van der Waals surface area contributed by atoms with E-state index in [4.69, 9.17) is 5.10 Å². The number of hydrogen-bond donors (Lipinski definition) is 1. The molecule has 20 heavy (non-hydrogen) atoms. The Balaban J connectivity index is 2.15. The van der Waals surface area contributed by atoms with Crippen LogP contribution in [-0.2, 0) is 13.0 Å². The number of anilines is 1. The van der Waals surface area contributed by atoms with Gasteiger partial charge in [0.1, 0.15) is 5.82 Å². The molecule has 0 amide bonds. The second kappa shape index (κ2) is 5.31. The van der Waals surface area contributed by atoms with Gasteiger partial charge in [0.2, 0.25) is 0 Å². The molecule has 0 bridgehead atoms. The third-order valence-electron chi connectivity index (χ3n) is 3.99. The summed E-state index contributed by atoms with van der Waals surface area (Å²) in [6.07, 6.45) is 3.61. The molecule has 3 nitrogen and oxygen atoms in total. The molecule has 0 saturated heterocycles. The smallest absolute Gasteiger partial charge is 0.128 e. The minimum absolute atomic E-state index is 0.917. The average molecular weight is 269 g/mol. The van der Waals surface area contributed by atoms with Crippen molar-refractivity contribution in [2.24, 2.45) is 0 Å². The quantitative estimate of drug-likeness (QED) is 0.895. The van der Waals surface area contributed by atoms with Gasteiger partial charge in [-0.1, -0.05) is 17.2 Å². The predicted molar refractivity (Wildman–Crippen MR) is 84.2 cm³/mol. The fourth-order valence-corrected chi connectivity index (χ4v) is 3.14. The van der Waals surface area contributed by atoms with Crippen LogP contribution in [-0.4, -0.2) is 16.3 Å². The van der Waals surface area contributed by atoms with Crippen molar-refractivity contribution < 1.29 is 0 Å². The van der Waals surface area contributed by atoms with Crippen LogP contribution in [0, 0.1) is 13.8 Å². The van der Waals surface area contributed by atoms with Gasteiger partial charge in [-0.3, -0.25) is 0 Å². The van der Waals surface area contributed by atoms with Crippen LogP contribution in [0.1, 0.15) is 36.5 Å². The first-order valence-electron chi connectivity index (χ1n) is 7.61. The number of nitrogens with zero attached hydrogens (tertiary/aromatic N) is 2. The zero-order valence-corrected chi connectivity index (χ0v) is 12.7. The highest BCUT2D eigenvalue weighted by molar-refractivity contribution is 5.71. The molecule has 2 aromatic rings. The van der Waals surface area contributed by atoms with Crippen molar-refractivity contribution in [3.8, 4) is 11.3 Å². The maximum Gasteiger partial charge on any atom is 0.128 e. The normalized spacial score (nSPS) is 14.6. The number of fused-ring (bicyclic) bond motifs is 1. The Morgan fingerprint density at radius 3 is 2.60 bits per heavy atom. The van der Waals surface area contributed by atoms with Gasteiger partial charge in [-0.15, -0.1) is 0 Å². The van der Waals surface area contributed by atoms with E-state index in [9.17, 15) is 0 Å². The molecule has 0 atom stereocenters. The minimum atomic E-state index is 0.917. The second-order valence-corrected chi connectivity index (χ2v) is 5.75. The van der Waals surface area contributed by atoms with Crippen molar-refractivity contribution in [2.75, 3.05) is 11.9 Å². The lowest BCUT2D eigenvalue weighted by molar-refractivity contribution is 0.665. The number of benzene rings is 1. The van der Waals surface area contributed by atoms with Gasteiger partial charge in [-0.05, 0) is 52.2 Å². The summed E-state index contributed by atoms with van der Waals surface area (Å²) in [6, 6.07) is 6.72. The first-order chi connectivity index (χ1) is 9.69. The highest BCUT2D eigenvalue weighted by Gasteiger charge is 2.20. The van der Waals surface area contributed by atoms with Crippen molar-refractivity contribution in [3.63, 3.8) is 0 Å². The molecule has 0 spiro atoms. The van der Waals surface area contributed by atoms with Crippen LogP contribution < -0.4 is 5.32 Å². The Morgan fingerprint density at radius 2 is 1.90 bits per heavy atom. The minimum Gasteiger partial charge on any atom is -0.370 e. The molecule has 0 fully saturated rings. The molecule has 0 unspecified atom stereocenters. The average Bonchev–Trinajstić information content (AvgIpc) is 2.59. The fraction of sp³-hybridized carbons (Fsp3) is 0.471. The van der Waals surface area contributed by atoms with E-state index in [1.165, 1.54) is 46.6 Å². The van der Waals surface area contributed by atoms with E-state index in [0.29, 0.717) is 0 Å². The summed E-state index contributed by atoms with van der Waals surface area (Å²) in [7, 11) is 0. The molecular weight excluding hydrogens is 246 g/mol. The number of aryl methyl sites for hydroxylation is 3. The molecule has 1 N–H and O–H groups in total. The molecule has 3 rings (SSSR count). The zero-order valence-electron chi connectivity index (χ0n) is 12.7. The standard InChI is InChI=1S/C17H23N3/c1-4-20-17-15(7-5-6-8-18-17)16(19-20)14-10-12(2)9-13(3)11-14/h9-11,18H,4-8H2,1-3H3. The third kappa shape index (κ3) is 2.33. The maximum atomic E-state index is 4.86. The van der Waals surface area contributed by atoms with E-state index >= 15 is 0 Å². The number of rotatable bonds is 2. The highest BCUT2D eigenvalue weighted by atomic mass is 15.3. The molecule has 0 aliphatic carbocycles. The van der Waals surface area contributed by atoms with Crippen molar-refractivity contribution in [2.45, 2.75) is 46.6 Å². The van der Waals surface area contributed by atoms with Crippen LogP contribution in [0.5, 0.6) is 0 Å². The lowest BCUT2D eigenvalue weighted by atomic mass is 10.00. The topological polar surface area (TPSA) is 29.9 Å². The molecule has 2 heterocycles. The van der Waals surface area contributed by atoms with Crippen LogP contribution >= 0.6 is 0 Å². The maximum absolute atomic E-state index is 4.86. The number of hydrogen-bond acceptors (Lipinski definition) is 2. The van der Waals surface area contributed by atoms with Crippen molar-refractivity contribution in [1.82, 2.24) is 9.78 Å². The molecule has 1 aromatic heterocycles. The van der Waals surface area contributed by atoms with Crippen LogP contribution in [0.3, 0.4) is 0 Å². The lowest BCUT2D eigenvalue weighted by Crippen LogP contribution is -2.07. The molecule has 1 aliphatic rings. The molecule has 106 valence electrons. The van der Waals surface area contributed by atoms with Crippen LogP contribution in [0.25, 0.3) is 11.3 Å². The summed E-state index contributed by atoms with van der Waals surface area (Å²) in [5, 5.41) is 8.42. The van der Waals surface area contributed by atoms with E-state index < -0.39 is 0 Å². The van der Waals surface area contributed by atoms with Gasteiger partial charge < -0.3 is 5.32 Å². The van der Waals surface area contributed by atoms with Crippen molar-refractivity contribution in [1.29, 1.82) is 0 Å². The number of aromatic nitrogens is 2. The van der Waals surface area contributed by atoms with Gasteiger partial charge in [0.15, 0.2) is 0 Å². The van der Waals surface area contributed by atoms with Gasteiger partial charge in [-0.25, -0.2) is 4.68 Å². The summed E-state index contributed by atoms with van der Waals surface area (Å²) in [4.78, 5) is 0. The largest absolute Gasteiger partial charge is 0.370 e. The Bertz CT molecular complexity index is 605. The van der Waals surface area contributed by atoms with Crippen molar-refractivity contribution >= 4 is 5.82 Å². The van der Waals surface area contributed by atoms with Gasteiger partial charge in [-0.2, -0.15) is 5.10 Å². The Morgan fingerprint density at radius 1 is 1.15 bits per heavy atom. The molecule has 0 saturated carbocycles. The SMILES string of the molecule is CCn1nc(-c2cc(C)cc(C)c2)c2c1NCCCC2. The molecule has 3 heteroatoms. The lowest BCUT2D eigenvalue weighted by Gasteiger charge is -2.06. The monoisotopic (exact) mass is 269 g/mol. The van der Waals surface area contributed by atoms with Crippen LogP contribution in [0.15, 0.2) is 18.2 Å². The Hall–Kier alpha value is -1.77. The van der Waals surface area contributed by atoms with E-state index in [0.717, 1.165) is 19.5 Å². The van der Waals surface area contributed by atoms with E-state index in [2.05, 4.69) is 49.0 Å². The van der Waals surface area contributed by atoms with E-state index in [1.54, 1.807) is 0 Å². The third-order valence-corrected chi connectivity index (χ3v) is 3.99. The summed E-state index contributed by atoms with van der Waals surface area (Å²) in [6.45, 7) is 8.45. The number of nitrogens with one attached hydrogen (secondary N) is 1. The van der Waals surface area contributed by atoms with Gasteiger partial charge >= 0.3 is 0 Å². The van der Waals surface area contributed by atoms with Gasteiger partial charge in [0.25, 0.3) is 0 Å².